The van der Waals surface area contributed by atoms with Crippen molar-refractivity contribution in [3.63, 3.8) is 0 Å². The van der Waals surface area contributed by atoms with Crippen molar-refractivity contribution < 1.29 is 18.0 Å². The van der Waals surface area contributed by atoms with Crippen LogP contribution >= 0.6 is 23.4 Å². The minimum absolute atomic E-state index is 0.0173. The van der Waals surface area contributed by atoms with Crippen LogP contribution in [0.25, 0.3) is 10.8 Å². The smallest absolute Gasteiger partial charge is 0.322 e. The van der Waals surface area contributed by atoms with Crippen molar-refractivity contribution in [2.75, 3.05) is 18.1 Å². The van der Waals surface area contributed by atoms with Crippen molar-refractivity contribution in [1.29, 1.82) is 0 Å². The van der Waals surface area contributed by atoms with Gasteiger partial charge in [-0.25, -0.2) is 18.0 Å². The van der Waals surface area contributed by atoms with Gasteiger partial charge in [-0.3, -0.25) is 4.79 Å². The second kappa shape index (κ2) is 7.88. The van der Waals surface area contributed by atoms with E-state index in [2.05, 4.69) is 10.3 Å². The Morgan fingerprint density at radius 2 is 1.87 bits per heavy atom. The molecule has 2 aromatic carbocycles. The molecule has 1 atom stereocenters. The molecular formula is C20H15ClF3N3O2S. The molecule has 4 rings (SSSR count). The summed E-state index contributed by atoms with van der Waals surface area (Å²) in [5.41, 5.74) is 0.916. The lowest BCUT2D eigenvalue weighted by molar-refractivity contribution is 0.209. The third-order valence-corrected chi connectivity index (χ3v) is 6.33. The van der Waals surface area contributed by atoms with Gasteiger partial charge in [-0.2, -0.15) is 11.8 Å². The first kappa shape index (κ1) is 20.6. The molecule has 2 heterocycles. The van der Waals surface area contributed by atoms with Crippen LogP contribution in [0.2, 0.25) is 5.02 Å². The van der Waals surface area contributed by atoms with Crippen LogP contribution in [0, 0.1) is 17.5 Å². The molecule has 0 aliphatic carbocycles. The molecule has 2 N–H and O–H groups in total. The van der Waals surface area contributed by atoms with Gasteiger partial charge < -0.3 is 15.2 Å². The molecule has 5 nitrogen and oxygen atoms in total. The Hall–Kier alpha value is -2.65. The maximum Gasteiger partial charge on any atom is 0.322 e. The van der Waals surface area contributed by atoms with E-state index >= 15 is 0 Å². The quantitative estimate of drug-likeness (QED) is 0.570. The third-order valence-electron chi connectivity index (χ3n) is 5.00. The zero-order valence-corrected chi connectivity index (χ0v) is 17.1. The average molecular weight is 454 g/mol. The molecule has 1 aromatic heterocycles. The van der Waals surface area contributed by atoms with Crippen molar-refractivity contribution in [1.82, 2.24) is 9.88 Å². The normalized spacial score (nSPS) is 15.7. The molecule has 0 radical (unpaired) electrons. The first-order valence-electron chi connectivity index (χ1n) is 8.86. The number of rotatable bonds is 2. The summed E-state index contributed by atoms with van der Waals surface area (Å²) >= 11 is 7.25. The number of carbonyl (C=O) groups is 1. The van der Waals surface area contributed by atoms with E-state index < -0.39 is 35.1 Å². The number of amides is 2. The highest BCUT2D eigenvalue weighted by atomic mass is 35.5. The van der Waals surface area contributed by atoms with Crippen molar-refractivity contribution in [3.05, 3.63) is 74.4 Å². The van der Waals surface area contributed by atoms with Gasteiger partial charge in [0.05, 0.1) is 16.5 Å². The number of benzene rings is 2. The first-order chi connectivity index (χ1) is 14.3. The molecule has 1 aliphatic heterocycles. The first-order valence-corrected chi connectivity index (χ1v) is 10.4. The molecule has 156 valence electrons. The lowest BCUT2D eigenvalue weighted by atomic mass is 9.97. The summed E-state index contributed by atoms with van der Waals surface area (Å²) in [7, 11) is 1.55. The van der Waals surface area contributed by atoms with E-state index in [0.717, 1.165) is 18.2 Å². The highest BCUT2D eigenvalue weighted by Crippen LogP contribution is 2.38. The van der Waals surface area contributed by atoms with Crippen molar-refractivity contribution >= 4 is 45.9 Å². The fourth-order valence-corrected chi connectivity index (χ4v) is 4.82. The number of halogens is 4. The number of thioether (sulfide) groups is 1. The number of aromatic amines is 1. The summed E-state index contributed by atoms with van der Waals surface area (Å²) in [5, 5.41) is 2.79. The summed E-state index contributed by atoms with van der Waals surface area (Å²) in [6.45, 7) is 0. The summed E-state index contributed by atoms with van der Waals surface area (Å²) in [5.74, 6) is -1.83. The molecule has 30 heavy (non-hydrogen) atoms. The van der Waals surface area contributed by atoms with E-state index in [1.165, 1.54) is 28.8 Å². The van der Waals surface area contributed by atoms with Crippen molar-refractivity contribution in [2.45, 2.75) is 11.8 Å². The predicted octanol–water partition coefficient (Wildman–Crippen LogP) is 5.05. The summed E-state index contributed by atoms with van der Waals surface area (Å²) in [6.07, 6.45) is 0. The minimum atomic E-state index is -1.12. The number of hydrogen-bond acceptors (Lipinski definition) is 3. The van der Waals surface area contributed by atoms with Gasteiger partial charge in [0.25, 0.3) is 5.56 Å². The summed E-state index contributed by atoms with van der Waals surface area (Å²) in [4.78, 5) is 29.3. The molecule has 0 spiro atoms. The number of hydrogen-bond donors (Lipinski definition) is 2. The van der Waals surface area contributed by atoms with Crippen molar-refractivity contribution in [2.24, 2.45) is 0 Å². The van der Waals surface area contributed by atoms with Gasteiger partial charge in [0.15, 0.2) is 11.6 Å². The molecule has 2 amide bonds. The molecular weight excluding hydrogens is 439 g/mol. The van der Waals surface area contributed by atoms with E-state index in [0.29, 0.717) is 28.5 Å². The monoisotopic (exact) mass is 453 g/mol. The molecule has 10 heteroatoms. The number of nitrogens with one attached hydrogen (secondary N) is 2. The van der Waals surface area contributed by atoms with Gasteiger partial charge in [-0.1, -0.05) is 11.6 Å². The van der Waals surface area contributed by atoms with E-state index in [4.69, 9.17) is 11.6 Å². The second-order valence-electron chi connectivity index (χ2n) is 6.86. The predicted molar refractivity (Wildman–Crippen MR) is 112 cm³/mol. The number of H-pyrrole nitrogens is 1. The molecule has 0 saturated carbocycles. The van der Waals surface area contributed by atoms with Crippen LogP contribution < -0.4 is 10.9 Å². The fourth-order valence-electron chi connectivity index (χ4n) is 3.47. The number of anilines is 1. The summed E-state index contributed by atoms with van der Waals surface area (Å²) in [6, 6.07) is 4.64. The molecule has 0 fully saturated rings. The SMILES string of the molecule is CN(C(=O)Nc1ccc(F)c(Cl)c1)[C@H]1CSCc2[nH]c(=O)c3cc(F)c(F)cc3c21. The zero-order chi connectivity index (χ0) is 21.6. The number of urea groups is 1. The number of aromatic nitrogens is 1. The second-order valence-corrected chi connectivity index (χ2v) is 8.30. The standard InChI is InChI=1S/C20H15ClF3N3O2S/c1-27(20(29)25-9-2-3-13(22)12(21)4-9)17-8-30-7-16-18(17)10-5-14(23)15(24)6-11(10)19(28)26-16/h2-6,17H,7-8H2,1H3,(H,25,29)(H,26,28)/t17-/m0/s1. The zero-order valence-electron chi connectivity index (χ0n) is 15.6. The van der Waals surface area contributed by atoms with Crippen LogP contribution in [0.15, 0.2) is 35.1 Å². The molecule has 1 aliphatic rings. The Kier molecular flexibility index (Phi) is 5.42. The fraction of sp³-hybridized carbons (Fsp3) is 0.200. The van der Waals surface area contributed by atoms with Gasteiger partial charge >= 0.3 is 6.03 Å². The van der Waals surface area contributed by atoms with Crippen molar-refractivity contribution in [3.8, 4) is 0 Å². The summed E-state index contributed by atoms with van der Waals surface area (Å²) < 4.78 is 41.0. The lowest BCUT2D eigenvalue weighted by Crippen LogP contribution is -2.38. The van der Waals surface area contributed by atoms with E-state index in [1.54, 1.807) is 7.05 Å². The molecule has 0 bridgehead atoms. The van der Waals surface area contributed by atoms with E-state index in [1.807, 2.05) is 0 Å². The topological polar surface area (TPSA) is 65.2 Å². The highest BCUT2D eigenvalue weighted by molar-refractivity contribution is 7.98. The van der Waals surface area contributed by atoms with Gasteiger partial charge in [0, 0.05) is 35.5 Å². The Bertz CT molecular complexity index is 1230. The van der Waals surface area contributed by atoms with Gasteiger partial charge in [-0.15, -0.1) is 0 Å². The van der Waals surface area contributed by atoms with E-state index in [-0.39, 0.29) is 15.8 Å². The maximum absolute atomic E-state index is 14.0. The maximum atomic E-state index is 14.0. The Labute approximate surface area is 178 Å². The Balaban J connectivity index is 1.73. The van der Waals surface area contributed by atoms with Gasteiger partial charge in [0.1, 0.15) is 5.82 Å². The highest BCUT2D eigenvalue weighted by Gasteiger charge is 2.31. The number of pyridine rings is 1. The van der Waals surface area contributed by atoms with Crippen LogP contribution in [0.1, 0.15) is 17.3 Å². The Morgan fingerprint density at radius 3 is 2.57 bits per heavy atom. The Morgan fingerprint density at radius 1 is 1.17 bits per heavy atom. The van der Waals surface area contributed by atoms with Crippen LogP contribution in [-0.2, 0) is 5.75 Å². The molecule has 3 aromatic rings. The number of fused-ring (bicyclic) bond motifs is 3. The van der Waals surface area contributed by atoms with Crippen LogP contribution in [-0.4, -0.2) is 28.7 Å². The molecule has 0 saturated heterocycles. The van der Waals surface area contributed by atoms with Gasteiger partial charge in [0.2, 0.25) is 0 Å². The largest absolute Gasteiger partial charge is 0.324 e. The lowest BCUT2D eigenvalue weighted by Gasteiger charge is -2.33. The van der Waals surface area contributed by atoms with Crippen LogP contribution in [0.5, 0.6) is 0 Å². The van der Waals surface area contributed by atoms with Gasteiger partial charge in [-0.05, 0) is 35.7 Å². The molecule has 0 unspecified atom stereocenters. The number of carbonyl (C=O) groups excluding carboxylic acids is 1. The third kappa shape index (κ3) is 3.63. The van der Waals surface area contributed by atoms with Crippen LogP contribution in [0.3, 0.4) is 0 Å². The average Bonchev–Trinajstić information content (AvgIpc) is 2.71. The van der Waals surface area contributed by atoms with E-state index in [9.17, 15) is 22.8 Å². The minimum Gasteiger partial charge on any atom is -0.324 e. The van der Waals surface area contributed by atoms with Crippen LogP contribution in [0.4, 0.5) is 23.7 Å². The number of nitrogens with zero attached hydrogens (tertiary/aromatic N) is 1.